The maximum atomic E-state index is 14.7. The number of Topliss-reactive ketones (excluding diaryl/α,β-unsaturated/α-hetero) is 1. The monoisotopic (exact) mass is 2050 g/mol. The molecule has 0 saturated carbocycles. The summed E-state index contributed by atoms with van der Waals surface area (Å²) in [5.41, 5.74) is 1.67. The molecule has 2 saturated heterocycles. The fourth-order valence-corrected chi connectivity index (χ4v) is 17.5. The fourth-order valence-electron chi connectivity index (χ4n) is 16.1. The molecule has 0 spiro atoms. The number of hydrogen-bond acceptors (Lipinski definition) is 30. The number of esters is 1. The van der Waals surface area contributed by atoms with E-state index in [0.29, 0.717) is 47.4 Å². The van der Waals surface area contributed by atoms with E-state index in [9.17, 15) is 95.5 Å². The van der Waals surface area contributed by atoms with Crippen LogP contribution in [0.2, 0.25) is 0 Å². The maximum Gasteiger partial charge on any atom is 0.473 e. The van der Waals surface area contributed by atoms with Gasteiger partial charge in [-0.15, -0.1) is 0 Å². The van der Waals surface area contributed by atoms with Crippen molar-refractivity contribution in [3.63, 3.8) is 0 Å². The Labute approximate surface area is 831 Å². The van der Waals surface area contributed by atoms with Crippen LogP contribution in [0.25, 0.3) is 0 Å². The molecule has 0 radical (unpaired) electrons. The van der Waals surface area contributed by atoms with Crippen LogP contribution in [0.5, 0.6) is 0 Å². The number of nitrogens with zero attached hydrogens (tertiary/aromatic N) is 4. The highest BCUT2D eigenvalue weighted by atomic mass is 31.2. The van der Waals surface area contributed by atoms with Gasteiger partial charge in [0.25, 0.3) is 11.8 Å². The normalized spacial score (nSPS) is 17.1. The number of amides is 15. The first-order valence-corrected chi connectivity index (χ1v) is 50.7. The van der Waals surface area contributed by atoms with Crippen molar-refractivity contribution in [2.45, 2.75) is 192 Å². The minimum absolute atomic E-state index is 0.0124. The van der Waals surface area contributed by atoms with Gasteiger partial charge >= 0.3 is 21.4 Å². The molecule has 3 aromatic carbocycles. The number of methoxy groups -OCH3 is 2. The summed E-state index contributed by atoms with van der Waals surface area (Å²) in [5.74, 6) is -12.7. The molecular formula is C94H142N16O31P2. The summed E-state index contributed by atoms with van der Waals surface area (Å²) in [6.07, 6.45) is -1.42. The first-order valence-electron chi connectivity index (χ1n) is 47.4. The van der Waals surface area contributed by atoms with Crippen molar-refractivity contribution in [2.75, 3.05) is 159 Å². The van der Waals surface area contributed by atoms with E-state index in [0.717, 1.165) is 12.2 Å². The molecule has 15 atom stereocenters. The molecule has 6 rings (SSSR count). The van der Waals surface area contributed by atoms with Crippen LogP contribution in [-0.4, -0.2) is 355 Å². The van der Waals surface area contributed by atoms with E-state index in [1.165, 1.54) is 38.5 Å². The highest BCUT2D eigenvalue weighted by Gasteiger charge is 2.46. The molecule has 15 amide bonds. The molecule has 794 valence electrons. The first kappa shape index (κ1) is 120. The number of hydrogen-bond donors (Lipinski definition) is 15. The second kappa shape index (κ2) is 61.8. The Balaban J connectivity index is 0.899. The number of phosphoric ester groups is 1. The molecule has 2 fully saturated rings. The Morgan fingerprint density at radius 1 is 0.566 bits per heavy atom. The van der Waals surface area contributed by atoms with Crippen molar-refractivity contribution in [3.8, 4) is 0 Å². The second-order valence-corrected chi connectivity index (χ2v) is 38.8. The largest absolute Gasteiger partial charge is 0.473 e. The molecule has 0 bridgehead atoms. The van der Waals surface area contributed by atoms with E-state index >= 15 is 0 Å². The van der Waals surface area contributed by atoms with Gasteiger partial charge in [-0.25, -0.2) is 9.36 Å². The summed E-state index contributed by atoms with van der Waals surface area (Å²) in [4.78, 5) is 260. The van der Waals surface area contributed by atoms with E-state index in [-0.39, 0.29) is 133 Å². The van der Waals surface area contributed by atoms with Crippen molar-refractivity contribution >= 4 is 121 Å². The smallest absolute Gasteiger partial charge is 0.464 e. The van der Waals surface area contributed by atoms with Crippen LogP contribution < -0.4 is 63.8 Å². The third-order valence-electron chi connectivity index (χ3n) is 23.7. The lowest BCUT2D eigenvalue weighted by Crippen LogP contribution is -2.59. The summed E-state index contributed by atoms with van der Waals surface area (Å²) < 4.78 is 75.3. The Bertz CT molecular complexity index is 4820. The van der Waals surface area contributed by atoms with Gasteiger partial charge in [0, 0.05) is 84.4 Å². The van der Waals surface area contributed by atoms with Crippen LogP contribution >= 0.6 is 15.4 Å². The van der Waals surface area contributed by atoms with Crippen LogP contribution in [0.1, 0.15) is 130 Å². The first-order chi connectivity index (χ1) is 67.8. The number of imide groups is 1. The van der Waals surface area contributed by atoms with Crippen LogP contribution in [0.3, 0.4) is 0 Å². The Kier molecular flexibility index (Phi) is 52.0. The Morgan fingerprint density at radius 3 is 1.76 bits per heavy atom. The highest BCUT2D eigenvalue weighted by Crippen LogP contribution is 2.50. The van der Waals surface area contributed by atoms with Gasteiger partial charge in [-0.3, -0.25) is 100 Å². The SMILES string of the molecule is CC[C@H](C)[C@@H]([C@@H](CC(=O)N1CCC[C@H]1[C@H](OC)[C@@H](C)C(=O)N[C@H](C)[C@@H](OP(=O)(O)OCc1ccc(NC(=O)CNC(=O)[C@H](Cc2ccccc2)NC(=O)CNC(=O)CNCC(=O)CNC(=O)[C@H](CC(=O)N[C@H]2CCOC2=O)NC(=O)CCOCCOCCOCCOCCNC(=O)[C@H](CNC(=O)CCP(=O)(O)O)N2C(=O)C=CC2=O)cc1)c1ccccc1)OC)N(C)C(=O)[C@@H](NC(=O)[C@H](C(C)C)N(C)C)C(C)C. The number of likely N-dealkylation sites (tertiary alicyclic amines) is 1. The molecule has 1 unspecified atom stereocenters. The number of ether oxygens (including phenoxy) is 7. The zero-order valence-corrected chi connectivity index (χ0v) is 85.0. The number of carbonyl (C=O) groups excluding carboxylic acids is 17. The number of nitrogens with one attached hydrogen (secondary N) is 12. The maximum absolute atomic E-state index is 14.7. The van der Waals surface area contributed by atoms with Crippen molar-refractivity contribution < 1.29 is 148 Å². The molecule has 49 heteroatoms. The number of phosphoric acid groups is 1. The topological polar surface area (TPSA) is 625 Å². The van der Waals surface area contributed by atoms with Crippen LogP contribution in [-0.2, 0) is 146 Å². The van der Waals surface area contributed by atoms with Crippen LogP contribution in [0.4, 0.5) is 5.69 Å². The summed E-state index contributed by atoms with van der Waals surface area (Å²) >= 11 is 0. The van der Waals surface area contributed by atoms with Crippen LogP contribution in [0, 0.1) is 23.7 Å². The average molecular weight is 2050 g/mol. The number of ketones is 1. The van der Waals surface area contributed by atoms with E-state index in [1.54, 1.807) is 91.4 Å². The van der Waals surface area contributed by atoms with Crippen LogP contribution in [0.15, 0.2) is 97.1 Å². The molecular weight excluding hydrogens is 1910 g/mol. The van der Waals surface area contributed by atoms with E-state index in [2.05, 4.69) is 63.8 Å². The van der Waals surface area contributed by atoms with Gasteiger partial charge < -0.3 is 121 Å². The van der Waals surface area contributed by atoms with E-state index in [1.807, 2.05) is 60.5 Å². The zero-order chi connectivity index (χ0) is 106. The van der Waals surface area contributed by atoms with Gasteiger partial charge in [0.2, 0.25) is 76.8 Å². The van der Waals surface area contributed by atoms with Gasteiger partial charge in [-0.1, -0.05) is 128 Å². The molecule has 3 aliphatic rings. The lowest BCUT2D eigenvalue weighted by Gasteiger charge is -2.41. The lowest BCUT2D eigenvalue weighted by atomic mass is 9.89. The second-order valence-electron chi connectivity index (χ2n) is 35.6. The molecule has 3 aromatic rings. The average Bonchev–Trinajstić information content (AvgIpc) is 1.80. The molecule has 0 aromatic heterocycles. The number of cyclic esters (lactones) is 1. The van der Waals surface area contributed by atoms with Gasteiger partial charge in [-0.2, -0.15) is 0 Å². The number of anilines is 1. The summed E-state index contributed by atoms with van der Waals surface area (Å²) in [5, 5.41) is 30.7. The number of carbonyl (C=O) groups is 17. The van der Waals surface area contributed by atoms with Gasteiger partial charge in [0.15, 0.2) is 5.78 Å². The minimum atomic E-state index is -4.96. The van der Waals surface area contributed by atoms with Crippen molar-refractivity contribution in [3.05, 3.63) is 114 Å². The molecule has 143 heavy (non-hydrogen) atoms. The summed E-state index contributed by atoms with van der Waals surface area (Å²) in [6, 6.07) is 14.2. The molecule has 15 N–H and O–H groups in total. The fraction of sp³-hybridized carbons (Fsp3) is 0.606. The predicted octanol–water partition coefficient (Wildman–Crippen LogP) is -0.756. The van der Waals surface area contributed by atoms with Gasteiger partial charge in [-0.05, 0) is 80.4 Å². The quantitative estimate of drug-likeness (QED) is 0.0143. The zero-order valence-electron chi connectivity index (χ0n) is 83.2. The Morgan fingerprint density at radius 2 is 1.17 bits per heavy atom. The lowest BCUT2D eigenvalue weighted by molar-refractivity contribution is -0.148. The molecule has 47 nitrogen and oxygen atoms in total. The number of rotatable bonds is 67. The van der Waals surface area contributed by atoms with Crippen molar-refractivity contribution in [1.82, 2.24) is 78.1 Å². The standard InChI is InChI=1S/C94H142N16O31P2/c1-14-60(6)85(108(11)93(126)83(58(2)3)106-92(125)84(59(4)5)107(9)10)73(133-12)50-82(120)109-37-21-26-71(109)86(134-13)61(7)88(121)101-62(8)87(65-24-19-16-20-25-65)141-143(131,132)140-57-64-27-29-66(30-28-64)102-78(116)56-100-89(122)69(48-63-22-17-15-18-23-63)105-79(117)55-98-77(115)54-95-51-67(111)52-99-90(123)70(49-76(114)103-68-33-39-139-94(68)127)104-75(113)34-38-135-41-43-137-45-46-138-44-42-136-40-36-96-91(124)72(110-80(118)31-32-81(110)119)53-97-74(112)35-47-142(128,129)130/h15-20,22-25,27-32,58-62,68-73,83-87,95H,14,21,26,33-57H2,1-13H3,(H,96,124)(H,97,112)(H,98,115)(H,99,123)(H,100,122)(H,101,121)(H,102,116)(H,103,114)(H,104,113)(H,105,117)(H,106,125)(H,131,132)(H2,128,129,130)/t60-,61+,62+,68-,69-,70-,71-,72-,73+,83-,84-,85-,86+,87+/m0/s1. The molecule has 3 aliphatic heterocycles. The predicted molar refractivity (Wildman–Crippen MR) is 516 cm³/mol. The highest BCUT2D eigenvalue weighted by molar-refractivity contribution is 7.51. The van der Waals surface area contributed by atoms with E-state index < -0.39 is 242 Å². The molecule has 0 aliphatic carbocycles. The molecule has 3 heterocycles. The number of likely N-dealkylation sites (N-methyl/N-ethyl adjacent to an activating group) is 2. The number of benzene rings is 3. The summed E-state index contributed by atoms with van der Waals surface area (Å²) in [6.45, 7) is 11.8. The Hall–Kier alpha value is -11.3. The van der Waals surface area contributed by atoms with E-state index in [4.69, 9.17) is 52.0 Å². The summed E-state index contributed by atoms with van der Waals surface area (Å²) in [7, 11) is -1.18. The minimum Gasteiger partial charge on any atom is -0.464 e. The van der Waals surface area contributed by atoms with Crippen molar-refractivity contribution in [2.24, 2.45) is 23.7 Å². The van der Waals surface area contributed by atoms with Gasteiger partial charge in [0.05, 0.1) is 160 Å². The van der Waals surface area contributed by atoms with Gasteiger partial charge in [0.1, 0.15) is 36.3 Å². The third kappa shape index (κ3) is 42.1. The third-order valence-corrected chi connectivity index (χ3v) is 25.4. The van der Waals surface area contributed by atoms with Crippen molar-refractivity contribution in [1.29, 1.82) is 0 Å².